The normalized spacial score (nSPS) is 12.7. The van der Waals surface area contributed by atoms with Crippen molar-refractivity contribution in [2.75, 3.05) is 13.4 Å². The van der Waals surface area contributed by atoms with E-state index in [0.29, 0.717) is 17.5 Å². The van der Waals surface area contributed by atoms with Crippen molar-refractivity contribution in [1.82, 2.24) is 4.98 Å². The Labute approximate surface area is 170 Å². The molecule has 0 bridgehead atoms. The third kappa shape index (κ3) is 4.46. The second kappa shape index (κ2) is 8.31. The molecule has 0 saturated carbocycles. The van der Waals surface area contributed by atoms with Crippen LogP contribution < -0.4 is 0 Å². The number of hydrogen-bond donors (Lipinski definition) is 0. The molecule has 1 unspecified atom stereocenters. The number of carbonyl (C=O) groups excluding carboxylic acids is 1. The van der Waals surface area contributed by atoms with Crippen LogP contribution in [0.1, 0.15) is 45.8 Å². The van der Waals surface area contributed by atoms with Gasteiger partial charge in [-0.05, 0) is 42.7 Å². The van der Waals surface area contributed by atoms with Crippen LogP contribution in [-0.4, -0.2) is 32.7 Å². The molecule has 1 atom stereocenters. The van der Waals surface area contributed by atoms with Gasteiger partial charge in [-0.25, -0.2) is 4.79 Å². The Hall–Kier alpha value is -2.77. The van der Waals surface area contributed by atoms with Crippen LogP contribution in [0, 0.1) is 6.92 Å². The molecule has 1 aromatic heterocycles. The number of ether oxygens (including phenoxy) is 1. The minimum absolute atomic E-state index is 0.376. The highest BCUT2D eigenvalue weighted by molar-refractivity contribution is 7.86. The number of carbonyl (C=O) groups is 1. The third-order valence-corrected chi connectivity index (χ3v) is 5.31. The van der Waals surface area contributed by atoms with E-state index in [1.165, 1.54) is 7.11 Å². The molecule has 0 amide bonds. The number of pyridine rings is 1. The van der Waals surface area contributed by atoms with Gasteiger partial charge in [-0.1, -0.05) is 37.3 Å². The lowest BCUT2D eigenvalue weighted by atomic mass is 9.91. The molecular formula is C22H23NO5S. The van der Waals surface area contributed by atoms with E-state index in [-0.39, 0.29) is 0 Å². The summed E-state index contributed by atoms with van der Waals surface area (Å²) in [5.74, 6) is -0.461. The van der Waals surface area contributed by atoms with Gasteiger partial charge in [0.15, 0.2) is 0 Å². The van der Waals surface area contributed by atoms with Gasteiger partial charge in [0.05, 0.1) is 24.4 Å². The Balaban J connectivity index is 2.27. The first-order chi connectivity index (χ1) is 13.7. The number of nitrogens with zero attached hydrogens (tertiary/aromatic N) is 1. The zero-order valence-corrected chi connectivity index (χ0v) is 17.6. The fraction of sp³-hybridized carbons (Fsp3) is 0.273. The Bertz CT molecular complexity index is 1150. The zero-order chi connectivity index (χ0) is 21.2. The monoisotopic (exact) mass is 413 g/mol. The van der Waals surface area contributed by atoms with E-state index in [9.17, 15) is 13.2 Å². The average molecular weight is 413 g/mol. The highest BCUT2D eigenvalue weighted by atomic mass is 32.2. The molecule has 0 saturated heterocycles. The van der Waals surface area contributed by atoms with Crippen LogP contribution in [0.15, 0.2) is 48.5 Å². The van der Waals surface area contributed by atoms with E-state index in [4.69, 9.17) is 8.92 Å². The number of fused-ring (bicyclic) bond motifs is 1. The highest BCUT2D eigenvalue weighted by Crippen LogP contribution is 2.36. The predicted molar refractivity (Wildman–Crippen MR) is 111 cm³/mol. The molecule has 0 radical (unpaired) electrons. The van der Waals surface area contributed by atoms with Crippen LogP contribution in [-0.2, 0) is 25.5 Å². The summed E-state index contributed by atoms with van der Waals surface area (Å²) >= 11 is 0. The van der Waals surface area contributed by atoms with Crippen LogP contribution in [0.5, 0.6) is 0 Å². The molecule has 3 aromatic rings. The summed E-state index contributed by atoms with van der Waals surface area (Å²) < 4.78 is 34.5. The summed E-state index contributed by atoms with van der Waals surface area (Å²) in [5, 5.41) is 0.834. The maximum atomic E-state index is 12.1. The van der Waals surface area contributed by atoms with E-state index in [1.54, 1.807) is 24.3 Å². The minimum Gasteiger partial charge on any atom is -0.465 e. The minimum atomic E-state index is -3.77. The smallest absolute Gasteiger partial charge is 0.337 e. The molecule has 2 aromatic carbocycles. The Morgan fingerprint density at radius 2 is 1.76 bits per heavy atom. The summed E-state index contributed by atoms with van der Waals surface area (Å²) in [5.41, 5.74) is 4.30. The van der Waals surface area contributed by atoms with Crippen LogP contribution in [0.4, 0.5) is 0 Å². The molecule has 3 rings (SSSR count). The second-order valence-electron chi connectivity index (χ2n) is 6.75. The number of methoxy groups -OCH3 is 1. The standard InChI is InChI=1S/C22H23NO5S/c1-5-17-14(2)23-19-9-7-6-8-18(19)20(17)21(28-29(4,25)26)15-10-12-16(13-11-15)22(24)27-3/h6-13,21H,5H2,1-4H3. The molecule has 0 N–H and O–H groups in total. The van der Waals surface area contributed by atoms with Crippen molar-refractivity contribution in [2.24, 2.45) is 0 Å². The van der Waals surface area contributed by atoms with Crippen molar-refractivity contribution in [3.8, 4) is 0 Å². The Kier molecular flexibility index (Phi) is 6.00. The quantitative estimate of drug-likeness (QED) is 0.449. The van der Waals surface area contributed by atoms with Gasteiger partial charge in [0.25, 0.3) is 10.1 Å². The molecular weight excluding hydrogens is 390 g/mol. The highest BCUT2D eigenvalue weighted by Gasteiger charge is 2.26. The summed E-state index contributed by atoms with van der Waals surface area (Å²) in [4.78, 5) is 16.4. The van der Waals surface area contributed by atoms with Crippen LogP contribution in [0.3, 0.4) is 0 Å². The molecule has 0 aliphatic rings. The largest absolute Gasteiger partial charge is 0.465 e. The fourth-order valence-corrected chi connectivity index (χ4v) is 4.06. The molecule has 7 heteroatoms. The van der Waals surface area contributed by atoms with Gasteiger partial charge in [0, 0.05) is 16.6 Å². The predicted octanol–water partition coefficient (Wildman–Crippen LogP) is 3.96. The average Bonchev–Trinajstić information content (AvgIpc) is 2.70. The van der Waals surface area contributed by atoms with Crippen molar-refractivity contribution >= 4 is 27.0 Å². The van der Waals surface area contributed by atoms with Crippen molar-refractivity contribution in [1.29, 1.82) is 0 Å². The van der Waals surface area contributed by atoms with Gasteiger partial charge in [-0.15, -0.1) is 0 Å². The summed E-state index contributed by atoms with van der Waals surface area (Å²) in [6, 6.07) is 14.2. The zero-order valence-electron chi connectivity index (χ0n) is 16.8. The third-order valence-electron chi connectivity index (χ3n) is 4.77. The fourth-order valence-electron chi connectivity index (χ4n) is 3.51. The topological polar surface area (TPSA) is 82.6 Å². The first kappa shape index (κ1) is 21.0. The van der Waals surface area contributed by atoms with Crippen molar-refractivity contribution < 1.29 is 22.1 Å². The lowest BCUT2D eigenvalue weighted by molar-refractivity contribution is 0.0600. The van der Waals surface area contributed by atoms with E-state index in [0.717, 1.165) is 34.0 Å². The van der Waals surface area contributed by atoms with Crippen LogP contribution >= 0.6 is 0 Å². The summed E-state index contributed by atoms with van der Waals surface area (Å²) in [6.45, 7) is 3.91. The lowest BCUT2D eigenvalue weighted by Gasteiger charge is -2.23. The molecule has 0 aliphatic carbocycles. The van der Waals surface area contributed by atoms with E-state index >= 15 is 0 Å². The summed E-state index contributed by atoms with van der Waals surface area (Å²) in [6.07, 6.45) is 0.839. The van der Waals surface area contributed by atoms with Crippen molar-refractivity contribution in [3.63, 3.8) is 0 Å². The van der Waals surface area contributed by atoms with E-state index in [1.807, 2.05) is 38.1 Å². The Morgan fingerprint density at radius 3 is 2.34 bits per heavy atom. The van der Waals surface area contributed by atoms with Gasteiger partial charge in [-0.3, -0.25) is 9.17 Å². The van der Waals surface area contributed by atoms with Crippen LogP contribution in [0.25, 0.3) is 10.9 Å². The number of hydrogen-bond acceptors (Lipinski definition) is 6. The first-order valence-corrected chi connectivity index (χ1v) is 11.0. The number of esters is 1. The number of aryl methyl sites for hydroxylation is 1. The van der Waals surface area contributed by atoms with Gasteiger partial charge in [-0.2, -0.15) is 8.42 Å². The summed E-state index contributed by atoms with van der Waals surface area (Å²) in [7, 11) is -2.46. The molecule has 29 heavy (non-hydrogen) atoms. The van der Waals surface area contributed by atoms with Gasteiger partial charge < -0.3 is 4.74 Å². The maximum Gasteiger partial charge on any atom is 0.337 e. The number of aromatic nitrogens is 1. The van der Waals surface area contributed by atoms with Crippen LogP contribution in [0.2, 0.25) is 0 Å². The van der Waals surface area contributed by atoms with Gasteiger partial charge in [0.1, 0.15) is 6.10 Å². The van der Waals surface area contributed by atoms with E-state index < -0.39 is 22.2 Å². The van der Waals surface area contributed by atoms with Crippen molar-refractivity contribution in [2.45, 2.75) is 26.4 Å². The molecule has 0 aliphatic heterocycles. The number of benzene rings is 2. The first-order valence-electron chi connectivity index (χ1n) is 9.19. The van der Waals surface area contributed by atoms with Gasteiger partial charge >= 0.3 is 5.97 Å². The SMILES string of the molecule is CCc1c(C)nc2ccccc2c1C(OS(C)(=O)=O)c1ccc(C(=O)OC)cc1. The Morgan fingerprint density at radius 1 is 1.10 bits per heavy atom. The molecule has 0 fully saturated rings. The maximum absolute atomic E-state index is 12.1. The van der Waals surface area contributed by atoms with E-state index in [2.05, 4.69) is 4.98 Å². The second-order valence-corrected chi connectivity index (χ2v) is 8.35. The molecule has 6 nitrogen and oxygen atoms in total. The number of para-hydroxylation sites is 1. The van der Waals surface area contributed by atoms with Gasteiger partial charge in [0.2, 0.25) is 0 Å². The lowest BCUT2D eigenvalue weighted by Crippen LogP contribution is -2.16. The van der Waals surface area contributed by atoms with Crippen molar-refractivity contribution in [3.05, 3.63) is 76.5 Å². The molecule has 152 valence electrons. The molecule has 0 spiro atoms. The molecule has 1 heterocycles. The number of rotatable bonds is 6.